The minimum Gasteiger partial charge on any atom is -0.480 e. The summed E-state index contributed by atoms with van der Waals surface area (Å²) in [6, 6.07) is 15.6. The van der Waals surface area contributed by atoms with E-state index in [1.54, 1.807) is 0 Å². The SMILES string of the molecule is CCC1(C(=O)OCC2c3ccccc3-c3ccccc32)NC(C(=O)O)CS1. The zero-order valence-corrected chi connectivity index (χ0v) is 15.8. The lowest BCUT2D eigenvalue weighted by Crippen LogP contribution is -2.51. The second-order valence-corrected chi connectivity index (χ2v) is 8.17. The number of ether oxygens (including phenoxy) is 1. The first-order valence-corrected chi connectivity index (χ1v) is 10.0. The fourth-order valence-electron chi connectivity index (χ4n) is 3.90. The Hall–Kier alpha value is -2.31. The number of nitrogens with one attached hydrogen (secondary N) is 1. The predicted molar refractivity (Wildman–Crippen MR) is 105 cm³/mol. The molecule has 1 saturated heterocycles. The lowest BCUT2D eigenvalue weighted by atomic mass is 9.98. The number of hydrogen-bond donors (Lipinski definition) is 2. The van der Waals surface area contributed by atoms with Crippen molar-refractivity contribution >= 4 is 23.7 Å². The van der Waals surface area contributed by atoms with Crippen molar-refractivity contribution in [2.24, 2.45) is 0 Å². The van der Waals surface area contributed by atoms with Crippen LogP contribution in [0.4, 0.5) is 0 Å². The monoisotopic (exact) mass is 383 g/mol. The fraction of sp³-hybridized carbons (Fsp3) is 0.333. The molecule has 1 fully saturated rings. The van der Waals surface area contributed by atoms with Crippen molar-refractivity contribution in [3.05, 3.63) is 59.7 Å². The van der Waals surface area contributed by atoms with Crippen molar-refractivity contribution in [3.8, 4) is 11.1 Å². The van der Waals surface area contributed by atoms with Crippen molar-refractivity contribution in [2.75, 3.05) is 12.4 Å². The molecule has 0 saturated carbocycles. The van der Waals surface area contributed by atoms with Gasteiger partial charge in [0, 0.05) is 11.7 Å². The Kier molecular flexibility index (Phi) is 4.70. The number of benzene rings is 2. The van der Waals surface area contributed by atoms with Crippen molar-refractivity contribution in [3.63, 3.8) is 0 Å². The summed E-state index contributed by atoms with van der Waals surface area (Å²) in [5.41, 5.74) is 4.68. The van der Waals surface area contributed by atoms with Gasteiger partial charge in [0.2, 0.25) is 0 Å². The van der Waals surface area contributed by atoms with E-state index in [1.165, 1.54) is 22.9 Å². The highest BCUT2D eigenvalue weighted by Crippen LogP contribution is 2.45. The van der Waals surface area contributed by atoms with E-state index in [4.69, 9.17) is 4.74 Å². The molecular formula is C21H21NO4S. The zero-order valence-electron chi connectivity index (χ0n) is 15.0. The van der Waals surface area contributed by atoms with Gasteiger partial charge in [-0.15, -0.1) is 11.8 Å². The third kappa shape index (κ3) is 3.03. The van der Waals surface area contributed by atoms with Gasteiger partial charge in [-0.1, -0.05) is 55.5 Å². The number of rotatable bonds is 5. The van der Waals surface area contributed by atoms with Crippen LogP contribution in [0.15, 0.2) is 48.5 Å². The van der Waals surface area contributed by atoms with Gasteiger partial charge in [0.25, 0.3) is 0 Å². The molecule has 2 aliphatic rings. The summed E-state index contributed by atoms with van der Waals surface area (Å²) in [4.78, 5) is 23.1. The normalized spacial score (nSPS) is 23.7. The third-order valence-electron chi connectivity index (χ3n) is 5.37. The van der Waals surface area contributed by atoms with E-state index in [9.17, 15) is 14.7 Å². The van der Waals surface area contributed by atoms with Gasteiger partial charge in [0.1, 0.15) is 12.6 Å². The molecule has 4 rings (SSSR count). The molecule has 0 aromatic heterocycles. The molecule has 0 amide bonds. The van der Waals surface area contributed by atoms with Crippen LogP contribution in [0.25, 0.3) is 11.1 Å². The van der Waals surface area contributed by atoms with Crippen molar-refractivity contribution in [1.82, 2.24) is 5.32 Å². The molecule has 2 aromatic rings. The maximum atomic E-state index is 12.8. The van der Waals surface area contributed by atoms with Crippen LogP contribution in [0.1, 0.15) is 30.4 Å². The number of hydrogen-bond acceptors (Lipinski definition) is 5. The summed E-state index contributed by atoms with van der Waals surface area (Å²) >= 11 is 1.32. The predicted octanol–water partition coefficient (Wildman–Crippen LogP) is 3.24. The van der Waals surface area contributed by atoms with Gasteiger partial charge < -0.3 is 9.84 Å². The molecule has 0 bridgehead atoms. The summed E-state index contributed by atoms with van der Waals surface area (Å²) in [7, 11) is 0. The molecule has 27 heavy (non-hydrogen) atoms. The van der Waals surface area contributed by atoms with Crippen molar-refractivity contribution in [2.45, 2.75) is 30.2 Å². The Labute approximate surface area is 162 Å². The second-order valence-electron chi connectivity index (χ2n) is 6.85. The molecule has 0 radical (unpaired) electrons. The van der Waals surface area contributed by atoms with Gasteiger partial charge in [0.05, 0.1) is 0 Å². The molecule has 2 atom stereocenters. The first-order chi connectivity index (χ1) is 13.1. The van der Waals surface area contributed by atoms with Crippen LogP contribution in [-0.4, -0.2) is 40.3 Å². The van der Waals surface area contributed by atoms with Crippen LogP contribution >= 0.6 is 11.8 Å². The molecular weight excluding hydrogens is 362 g/mol. The van der Waals surface area contributed by atoms with E-state index >= 15 is 0 Å². The van der Waals surface area contributed by atoms with Crippen LogP contribution in [0.2, 0.25) is 0 Å². The topological polar surface area (TPSA) is 75.6 Å². The Bertz CT molecular complexity index is 854. The zero-order chi connectivity index (χ0) is 19.0. The number of esters is 1. The molecule has 2 N–H and O–H groups in total. The van der Waals surface area contributed by atoms with Gasteiger partial charge in [0.15, 0.2) is 4.87 Å². The lowest BCUT2D eigenvalue weighted by molar-refractivity contribution is -0.148. The molecule has 2 aromatic carbocycles. The number of aliphatic carboxylic acids is 1. The van der Waals surface area contributed by atoms with Crippen LogP contribution in [0, 0.1) is 0 Å². The van der Waals surface area contributed by atoms with Crippen molar-refractivity contribution < 1.29 is 19.4 Å². The summed E-state index contributed by atoms with van der Waals surface area (Å²) in [6.07, 6.45) is 0.470. The molecule has 6 heteroatoms. The summed E-state index contributed by atoms with van der Waals surface area (Å²) in [5, 5.41) is 12.2. The summed E-state index contributed by atoms with van der Waals surface area (Å²) < 4.78 is 5.73. The number of carboxylic acids is 1. The summed E-state index contributed by atoms with van der Waals surface area (Å²) in [6.45, 7) is 2.11. The number of carbonyl (C=O) groups excluding carboxylic acids is 1. The second kappa shape index (κ2) is 7.02. The van der Waals surface area contributed by atoms with Gasteiger partial charge in [-0.05, 0) is 28.7 Å². The highest BCUT2D eigenvalue weighted by Gasteiger charge is 2.48. The standard InChI is InChI=1S/C21H21NO4S/c1-2-21(22-18(12-27-21)19(23)24)20(25)26-11-17-15-9-5-3-7-13(15)14-8-4-6-10-16(14)17/h3-10,17-18,22H,2,11-12H2,1H3,(H,23,24). The highest BCUT2D eigenvalue weighted by atomic mass is 32.2. The number of fused-ring (bicyclic) bond motifs is 3. The van der Waals surface area contributed by atoms with Gasteiger partial charge in [-0.2, -0.15) is 0 Å². The quantitative estimate of drug-likeness (QED) is 0.772. The molecule has 0 spiro atoms. The lowest BCUT2D eigenvalue weighted by Gasteiger charge is -2.26. The Morgan fingerprint density at radius 3 is 2.26 bits per heavy atom. The smallest absolute Gasteiger partial charge is 0.336 e. The van der Waals surface area contributed by atoms with E-state index in [2.05, 4.69) is 29.6 Å². The average molecular weight is 383 g/mol. The van der Waals surface area contributed by atoms with E-state index in [0.29, 0.717) is 12.2 Å². The van der Waals surface area contributed by atoms with Gasteiger partial charge in [-0.25, -0.2) is 4.79 Å². The first kappa shape index (κ1) is 18.1. The largest absolute Gasteiger partial charge is 0.480 e. The summed E-state index contributed by atoms with van der Waals surface area (Å²) in [5.74, 6) is -0.977. The number of carbonyl (C=O) groups is 2. The van der Waals surface area contributed by atoms with E-state index in [0.717, 1.165) is 11.1 Å². The highest BCUT2D eigenvalue weighted by molar-refractivity contribution is 8.01. The van der Waals surface area contributed by atoms with E-state index in [1.807, 2.05) is 31.2 Å². The molecule has 5 nitrogen and oxygen atoms in total. The molecule has 1 aliphatic carbocycles. The van der Waals surface area contributed by atoms with Crippen LogP contribution in [0.3, 0.4) is 0 Å². The van der Waals surface area contributed by atoms with E-state index < -0.39 is 16.9 Å². The van der Waals surface area contributed by atoms with Gasteiger partial charge in [-0.3, -0.25) is 10.1 Å². The van der Waals surface area contributed by atoms with Crippen molar-refractivity contribution in [1.29, 1.82) is 0 Å². The average Bonchev–Trinajstić information content (AvgIpc) is 3.27. The van der Waals surface area contributed by atoms with Crippen LogP contribution in [0.5, 0.6) is 0 Å². The first-order valence-electron chi connectivity index (χ1n) is 9.05. The number of thioether (sulfide) groups is 1. The molecule has 2 unspecified atom stereocenters. The van der Waals surface area contributed by atoms with Crippen LogP contribution in [-0.2, 0) is 14.3 Å². The minimum atomic E-state index is -0.985. The Balaban J connectivity index is 1.54. The van der Waals surface area contributed by atoms with Gasteiger partial charge >= 0.3 is 11.9 Å². The fourth-order valence-corrected chi connectivity index (χ4v) is 5.19. The maximum Gasteiger partial charge on any atom is 0.336 e. The Morgan fingerprint density at radius 1 is 1.15 bits per heavy atom. The maximum absolute atomic E-state index is 12.8. The molecule has 1 heterocycles. The van der Waals surface area contributed by atoms with Crippen LogP contribution < -0.4 is 5.32 Å². The van der Waals surface area contributed by atoms with E-state index in [-0.39, 0.29) is 18.5 Å². The molecule has 140 valence electrons. The Morgan fingerprint density at radius 2 is 1.74 bits per heavy atom. The number of carboxylic acid groups (broad SMARTS) is 1. The molecule has 1 aliphatic heterocycles. The third-order valence-corrected chi connectivity index (χ3v) is 6.94. The minimum absolute atomic E-state index is 0.00284.